The van der Waals surface area contributed by atoms with Crippen LogP contribution in [0.5, 0.6) is 0 Å². The van der Waals surface area contributed by atoms with Gasteiger partial charge >= 0.3 is 0 Å². The van der Waals surface area contributed by atoms with Crippen LogP contribution in [0.2, 0.25) is 5.15 Å². The van der Waals surface area contributed by atoms with Crippen LogP contribution < -0.4 is 15.4 Å². The summed E-state index contributed by atoms with van der Waals surface area (Å²) in [4.78, 5) is 29.7. The van der Waals surface area contributed by atoms with E-state index in [4.69, 9.17) is 11.6 Å². The predicted octanol–water partition coefficient (Wildman–Crippen LogP) is 5.08. The zero-order valence-electron chi connectivity index (χ0n) is 23.8. The minimum absolute atomic E-state index is 0. The summed E-state index contributed by atoms with van der Waals surface area (Å²) in [5, 5.41) is 6.53. The van der Waals surface area contributed by atoms with E-state index in [9.17, 15) is 13.2 Å². The lowest BCUT2D eigenvalue weighted by Gasteiger charge is -2.22. The molecule has 3 aromatic heterocycles. The van der Waals surface area contributed by atoms with E-state index in [0.717, 1.165) is 31.4 Å². The summed E-state index contributed by atoms with van der Waals surface area (Å²) in [6, 6.07) is 7.53. The molecule has 1 amide bonds. The van der Waals surface area contributed by atoms with E-state index in [0.29, 0.717) is 17.4 Å². The molecule has 0 aromatic carbocycles. The van der Waals surface area contributed by atoms with Gasteiger partial charge in [-0.3, -0.25) is 4.79 Å². The van der Waals surface area contributed by atoms with E-state index in [1.807, 2.05) is 20.8 Å². The molecule has 1 unspecified atom stereocenters. The smallest absolute Gasteiger partial charge is 0.281 e. The molecule has 0 aliphatic carbocycles. The number of aromatic nitrogens is 4. The lowest BCUT2D eigenvalue weighted by molar-refractivity contribution is 0.0981. The van der Waals surface area contributed by atoms with Crippen LogP contribution in [0.3, 0.4) is 0 Å². The average Bonchev–Trinajstić information content (AvgIpc) is 3.24. The van der Waals surface area contributed by atoms with Crippen molar-refractivity contribution >= 4 is 45.8 Å². The first-order valence-corrected chi connectivity index (χ1v) is 15.1. The van der Waals surface area contributed by atoms with Crippen LogP contribution >= 0.6 is 24.0 Å². The summed E-state index contributed by atoms with van der Waals surface area (Å²) >= 11 is 6.23. The molecule has 10 nitrogen and oxygen atoms in total. The number of rotatable bonds is 9. The number of hydrogen-bond donors (Lipinski definition) is 3. The fourth-order valence-corrected chi connectivity index (χ4v) is 5.95. The Morgan fingerprint density at radius 2 is 1.85 bits per heavy atom. The Kier molecular flexibility index (Phi) is 10.3. The molecule has 2 atom stereocenters. The number of pyridine rings is 2. The number of anilines is 1. The fraction of sp³-hybridized carbons (Fsp3) is 0.464. The van der Waals surface area contributed by atoms with E-state index in [1.54, 1.807) is 30.6 Å². The Labute approximate surface area is 253 Å². The van der Waals surface area contributed by atoms with Crippen LogP contribution in [0.4, 0.5) is 5.82 Å². The van der Waals surface area contributed by atoms with Crippen molar-refractivity contribution in [3.05, 3.63) is 71.0 Å². The lowest BCUT2D eigenvalue weighted by Crippen LogP contribution is -2.32. The first-order chi connectivity index (χ1) is 18.7. The molecule has 1 aliphatic rings. The molecule has 0 bridgehead atoms. The molecular weight excluding hydrogens is 585 g/mol. The average molecular weight is 623 g/mol. The maximum Gasteiger partial charge on any atom is 0.281 e. The van der Waals surface area contributed by atoms with Gasteiger partial charge in [0.05, 0.1) is 11.6 Å². The summed E-state index contributed by atoms with van der Waals surface area (Å²) in [6.07, 6.45) is 7.77. The number of nitrogens with one attached hydrogen (secondary N) is 3. The van der Waals surface area contributed by atoms with Crippen molar-refractivity contribution in [2.24, 2.45) is 5.92 Å². The molecule has 1 aliphatic heterocycles. The maximum atomic E-state index is 13.1. The first-order valence-electron chi connectivity index (χ1n) is 13.2. The Morgan fingerprint density at radius 1 is 1.15 bits per heavy atom. The van der Waals surface area contributed by atoms with E-state index in [-0.39, 0.29) is 45.1 Å². The molecule has 0 spiro atoms. The maximum absolute atomic E-state index is 13.1. The van der Waals surface area contributed by atoms with Gasteiger partial charge in [-0.2, -0.15) is 8.42 Å². The normalized spacial score (nSPS) is 17.4. The zero-order chi connectivity index (χ0) is 29.1. The molecule has 4 rings (SSSR count). The zero-order valence-corrected chi connectivity index (χ0v) is 26.2. The van der Waals surface area contributed by atoms with Gasteiger partial charge in [-0.15, -0.1) is 12.4 Å². The molecule has 13 heteroatoms. The third kappa shape index (κ3) is 8.57. The second-order valence-electron chi connectivity index (χ2n) is 11.9. The molecule has 3 N–H and O–H groups in total. The highest BCUT2D eigenvalue weighted by Gasteiger charge is 2.31. The molecule has 0 radical (unpaired) electrons. The van der Waals surface area contributed by atoms with Crippen LogP contribution in [0.1, 0.15) is 81.5 Å². The van der Waals surface area contributed by atoms with Gasteiger partial charge in [0, 0.05) is 34.6 Å². The Hall–Kier alpha value is -2.86. The number of sulfonamides is 1. The van der Waals surface area contributed by atoms with E-state index in [2.05, 4.69) is 49.1 Å². The molecular formula is C28H37Cl2N7O3S. The van der Waals surface area contributed by atoms with Gasteiger partial charge in [0.2, 0.25) is 0 Å². The Bertz CT molecular complexity index is 1470. The third-order valence-electron chi connectivity index (χ3n) is 6.92. The van der Waals surface area contributed by atoms with Crippen LogP contribution in [-0.4, -0.2) is 46.3 Å². The van der Waals surface area contributed by atoms with Crippen LogP contribution in [-0.2, 0) is 15.4 Å². The second-order valence-corrected chi connectivity index (χ2v) is 13.8. The van der Waals surface area contributed by atoms with Gasteiger partial charge in [-0.1, -0.05) is 38.4 Å². The Morgan fingerprint density at radius 3 is 2.46 bits per heavy atom. The van der Waals surface area contributed by atoms with E-state index < -0.39 is 15.9 Å². The fourth-order valence-electron chi connectivity index (χ4n) is 4.78. The van der Waals surface area contributed by atoms with Gasteiger partial charge in [0.25, 0.3) is 15.9 Å². The van der Waals surface area contributed by atoms with Gasteiger partial charge in [-0.25, -0.2) is 24.7 Å². The van der Waals surface area contributed by atoms with Crippen molar-refractivity contribution in [2.45, 2.75) is 75.9 Å². The highest BCUT2D eigenvalue weighted by Crippen LogP contribution is 2.31. The topological polar surface area (TPSA) is 139 Å². The van der Waals surface area contributed by atoms with E-state index in [1.165, 1.54) is 18.5 Å². The quantitative estimate of drug-likeness (QED) is 0.279. The van der Waals surface area contributed by atoms with Gasteiger partial charge in [0.1, 0.15) is 17.3 Å². The van der Waals surface area contributed by atoms with E-state index >= 15 is 0 Å². The molecule has 0 saturated carbocycles. The standard InChI is InChI=1S/C28H36ClN7O3S.ClH/c1-27(2,3)22-12-10-20(25(29)34-22)26(37)36-40(38,39)24-8-6-7-23(35-24)33-21(19-15-30-17-31-16-19)11-9-18-13-28(4,5)32-14-18;/h6-8,10,12,15-18,21,32H,9,11,13-14H2,1-5H3,(H,33,35)(H,36,37);1H/t18-,21?;/m0./s1. The van der Waals surface area contributed by atoms with Crippen molar-refractivity contribution in [1.82, 2.24) is 30.0 Å². The SMILES string of the molecule is CC1(C)C[C@H](CCC(Nc2cccc(S(=O)(=O)NC(=O)c3ccc(C(C)(C)C)nc3Cl)n2)c2cncnc2)CN1.Cl. The summed E-state index contributed by atoms with van der Waals surface area (Å²) in [6.45, 7) is 11.2. The highest BCUT2D eigenvalue weighted by molar-refractivity contribution is 7.90. The molecule has 1 fully saturated rings. The molecule has 222 valence electrons. The van der Waals surface area contributed by atoms with Crippen LogP contribution in [0.25, 0.3) is 0 Å². The van der Waals surface area contributed by atoms with Crippen molar-refractivity contribution < 1.29 is 13.2 Å². The summed E-state index contributed by atoms with van der Waals surface area (Å²) in [7, 11) is -4.29. The lowest BCUT2D eigenvalue weighted by atomic mass is 9.91. The largest absolute Gasteiger partial charge is 0.363 e. The first kappa shape index (κ1) is 32.7. The van der Waals surface area contributed by atoms with Crippen molar-refractivity contribution in [3.8, 4) is 0 Å². The van der Waals surface area contributed by atoms with Crippen molar-refractivity contribution in [3.63, 3.8) is 0 Å². The number of amides is 1. The molecule has 1 saturated heterocycles. The van der Waals surface area contributed by atoms with Crippen molar-refractivity contribution in [2.75, 3.05) is 11.9 Å². The highest BCUT2D eigenvalue weighted by atomic mass is 35.5. The number of nitrogens with zero attached hydrogens (tertiary/aromatic N) is 4. The van der Waals surface area contributed by atoms with Crippen LogP contribution in [0, 0.1) is 5.92 Å². The molecule has 3 aromatic rings. The molecule has 4 heterocycles. The van der Waals surface area contributed by atoms with Crippen LogP contribution in [0.15, 0.2) is 54.1 Å². The minimum atomic E-state index is -4.29. The van der Waals surface area contributed by atoms with Gasteiger partial charge < -0.3 is 10.6 Å². The number of carbonyl (C=O) groups is 1. The van der Waals surface area contributed by atoms with Gasteiger partial charge in [0.15, 0.2) is 5.03 Å². The number of hydrogen-bond acceptors (Lipinski definition) is 9. The number of halogens is 2. The third-order valence-corrected chi connectivity index (χ3v) is 8.44. The summed E-state index contributed by atoms with van der Waals surface area (Å²) in [5.74, 6) is -0.00796. The Balaban J connectivity index is 0.00000462. The minimum Gasteiger partial charge on any atom is -0.363 e. The number of carbonyl (C=O) groups excluding carboxylic acids is 1. The van der Waals surface area contributed by atoms with Gasteiger partial charge in [-0.05, 0) is 69.8 Å². The van der Waals surface area contributed by atoms with Crippen molar-refractivity contribution in [1.29, 1.82) is 0 Å². The summed E-state index contributed by atoms with van der Waals surface area (Å²) in [5.41, 5.74) is 1.35. The molecule has 41 heavy (non-hydrogen) atoms. The second kappa shape index (κ2) is 13.0. The summed E-state index contributed by atoms with van der Waals surface area (Å²) < 4.78 is 28.3. The predicted molar refractivity (Wildman–Crippen MR) is 162 cm³/mol. The monoisotopic (exact) mass is 621 g/mol.